The first kappa shape index (κ1) is 28.0. The molecular weight excluding hydrogens is 500 g/mol. The summed E-state index contributed by atoms with van der Waals surface area (Å²) in [6, 6.07) is 16.6. The molecule has 2 aromatic carbocycles. The normalized spacial score (nSPS) is 15.9. The zero-order chi connectivity index (χ0) is 28.0. The lowest BCUT2D eigenvalue weighted by Crippen LogP contribution is -2.51. The molecule has 0 saturated carbocycles. The van der Waals surface area contributed by atoms with Crippen molar-refractivity contribution < 1.29 is 23.8 Å². The van der Waals surface area contributed by atoms with Crippen molar-refractivity contribution in [3.8, 4) is 5.75 Å². The van der Waals surface area contributed by atoms with Crippen molar-refractivity contribution in [2.45, 2.75) is 39.5 Å². The van der Waals surface area contributed by atoms with Crippen LogP contribution >= 0.6 is 0 Å². The number of carbonyl (C=O) groups excluding carboxylic acids is 2. The predicted octanol–water partition coefficient (Wildman–Crippen LogP) is 4.67. The maximum absolute atomic E-state index is 12.5. The zero-order valence-electron chi connectivity index (χ0n) is 22.8. The van der Waals surface area contributed by atoms with E-state index >= 15 is 0 Å². The summed E-state index contributed by atoms with van der Waals surface area (Å²) in [7, 11) is 1.60. The Labute approximate surface area is 228 Å². The van der Waals surface area contributed by atoms with Crippen molar-refractivity contribution in [1.29, 1.82) is 0 Å². The van der Waals surface area contributed by atoms with E-state index < -0.39 is 17.9 Å². The van der Waals surface area contributed by atoms with Gasteiger partial charge in [-0.25, -0.2) is 19.8 Å². The maximum atomic E-state index is 12.5. The van der Waals surface area contributed by atoms with Crippen molar-refractivity contribution in [3.05, 3.63) is 66.4 Å². The third kappa shape index (κ3) is 7.29. The number of ketones is 1. The number of morpholine rings is 1. The molecule has 2 N–H and O–H groups in total. The fourth-order valence-corrected chi connectivity index (χ4v) is 3.95. The number of ether oxygens (including phenoxy) is 3. The topological polar surface area (TPSA) is 118 Å². The molecule has 0 aliphatic carbocycles. The Morgan fingerprint density at radius 3 is 2.51 bits per heavy atom. The van der Waals surface area contributed by atoms with Gasteiger partial charge in [-0.2, -0.15) is 4.98 Å². The van der Waals surface area contributed by atoms with Gasteiger partial charge in [-0.3, -0.25) is 4.79 Å². The van der Waals surface area contributed by atoms with Crippen LogP contribution in [-0.4, -0.2) is 65.5 Å². The van der Waals surface area contributed by atoms with Gasteiger partial charge in [0, 0.05) is 25.4 Å². The molecule has 1 aliphatic heterocycles. The molecule has 0 spiro atoms. The largest absolute Gasteiger partial charge is 0.413 e. The van der Waals surface area contributed by atoms with Gasteiger partial charge in [0.2, 0.25) is 5.95 Å². The first-order valence-electron chi connectivity index (χ1n) is 12.6. The summed E-state index contributed by atoms with van der Waals surface area (Å²) < 4.78 is 16.7. The number of para-hydroxylation sites is 3. The van der Waals surface area contributed by atoms with E-state index in [1.54, 1.807) is 31.4 Å². The highest BCUT2D eigenvalue weighted by molar-refractivity contribution is 5.99. The van der Waals surface area contributed by atoms with Gasteiger partial charge < -0.3 is 24.8 Å². The van der Waals surface area contributed by atoms with E-state index in [4.69, 9.17) is 19.2 Å². The summed E-state index contributed by atoms with van der Waals surface area (Å²) in [5.41, 5.74) is 1.12. The SMILES string of the molecule is COC1CN(N(c2ccccc2)c2ncc(C(C)=O)c(Nc3ccccc3OC(=O)NC(C)(C)C)n2)CCO1. The van der Waals surface area contributed by atoms with E-state index in [1.165, 1.54) is 13.1 Å². The highest BCUT2D eigenvalue weighted by Crippen LogP contribution is 2.32. The minimum atomic E-state index is -0.595. The van der Waals surface area contributed by atoms with E-state index in [9.17, 15) is 9.59 Å². The highest BCUT2D eigenvalue weighted by Gasteiger charge is 2.29. The smallest absolute Gasteiger partial charge is 0.408 e. The average molecular weight is 535 g/mol. The molecule has 0 radical (unpaired) electrons. The number of methoxy groups -OCH3 is 1. The predicted molar refractivity (Wildman–Crippen MR) is 148 cm³/mol. The molecule has 39 heavy (non-hydrogen) atoms. The molecule has 1 saturated heterocycles. The number of nitrogens with zero attached hydrogens (tertiary/aromatic N) is 4. The molecule has 1 amide bonds. The molecule has 4 rings (SSSR count). The van der Waals surface area contributed by atoms with E-state index in [0.717, 1.165) is 5.69 Å². The van der Waals surface area contributed by atoms with E-state index in [0.29, 0.717) is 31.3 Å². The van der Waals surface area contributed by atoms with Crippen LogP contribution in [0, 0.1) is 0 Å². The molecule has 3 aromatic rings. The molecule has 2 heterocycles. The van der Waals surface area contributed by atoms with Crippen LogP contribution in [0.2, 0.25) is 0 Å². The fraction of sp³-hybridized carbons (Fsp3) is 0.357. The third-order valence-electron chi connectivity index (χ3n) is 5.72. The van der Waals surface area contributed by atoms with Gasteiger partial charge in [0.1, 0.15) is 5.82 Å². The molecule has 11 heteroatoms. The van der Waals surface area contributed by atoms with E-state index in [1.807, 2.05) is 61.1 Å². The van der Waals surface area contributed by atoms with E-state index in [-0.39, 0.29) is 22.9 Å². The minimum Gasteiger partial charge on any atom is -0.408 e. The van der Waals surface area contributed by atoms with Crippen molar-refractivity contribution in [1.82, 2.24) is 20.3 Å². The Kier molecular flexibility index (Phi) is 8.75. The number of carbonyl (C=O) groups is 2. The van der Waals surface area contributed by atoms with Gasteiger partial charge in [0.05, 0.1) is 30.1 Å². The number of Topliss-reactive ketones (excluding diaryl/α,β-unsaturated/α-hetero) is 1. The number of nitrogens with one attached hydrogen (secondary N) is 2. The average Bonchev–Trinajstić information content (AvgIpc) is 2.90. The number of rotatable bonds is 8. The molecule has 1 atom stereocenters. The Morgan fingerprint density at radius 1 is 1.10 bits per heavy atom. The Morgan fingerprint density at radius 2 is 1.82 bits per heavy atom. The summed E-state index contributed by atoms with van der Waals surface area (Å²) in [6.07, 6.45) is 0.483. The number of benzene rings is 2. The fourth-order valence-electron chi connectivity index (χ4n) is 3.95. The van der Waals surface area contributed by atoms with Crippen LogP contribution in [0.25, 0.3) is 0 Å². The second-order valence-electron chi connectivity index (χ2n) is 9.97. The molecule has 206 valence electrons. The number of hydrogen-bond donors (Lipinski definition) is 2. The van der Waals surface area contributed by atoms with Crippen LogP contribution in [0.1, 0.15) is 38.1 Å². The number of anilines is 4. The van der Waals surface area contributed by atoms with Crippen molar-refractivity contribution in [3.63, 3.8) is 0 Å². The molecule has 1 aromatic heterocycles. The van der Waals surface area contributed by atoms with E-state index in [2.05, 4.69) is 15.6 Å². The molecule has 1 aliphatic rings. The molecular formula is C28H34N6O5. The van der Waals surface area contributed by atoms with Crippen molar-refractivity contribution in [2.75, 3.05) is 37.1 Å². The summed E-state index contributed by atoms with van der Waals surface area (Å²) >= 11 is 0. The Bertz CT molecular complexity index is 1300. The molecule has 0 bridgehead atoms. The summed E-state index contributed by atoms with van der Waals surface area (Å²) in [4.78, 5) is 34.3. The van der Waals surface area contributed by atoms with Gasteiger partial charge in [0.15, 0.2) is 17.8 Å². The number of amides is 1. The molecule has 11 nitrogen and oxygen atoms in total. The van der Waals surface area contributed by atoms with Gasteiger partial charge in [-0.1, -0.05) is 30.3 Å². The molecule has 1 unspecified atom stereocenters. The third-order valence-corrected chi connectivity index (χ3v) is 5.72. The first-order valence-corrected chi connectivity index (χ1v) is 12.6. The first-order chi connectivity index (χ1) is 18.6. The zero-order valence-corrected chi connectivity index (χ0v) is 22.8. The second-order valence-corrected chi connectivity index (χ2v) is 9.97. The number of hydrazine groups is 1. The quantitative estimate of drug-likeness (QED) is 0.395. The highest BCUT2D eigenvalue weighted by atomic mass is 16.7. The van der Waals surface area contributed by atoms with Crippen LogP contribution < -0.4 is 20.4 Å². The van der Waals surface area contributed by atoms with Crippen molar-refractivity contribution in [2.24, 2.45) is 0 Å². The van der Waals surface area contributed by atoms with Crippen LogP contribution in [0.5, 0.6) is 5.75 Å². The van der Waals surface area contributed by atoms with Crippen molar-refractivity contribution >= 4 is 35.0 Å². The maximum Gasteiger partial charge on any atom is 0.413 e. The van der Waals surface area contributed by atoms with Crippen LogP contribution in [0.4, 0.5) is 27.9 Å². The monoisotopic (exact) mass is 534 g/mol. The van der Waals surface area contributed by atoms with Gasteiger partial charge in [0.25, 0.3) is 0 Å². The summed E-state index contributed by atoms with van der Waals surface area (Å²) in [6.45, 7) is 8.52. The van der Waals surface area contributed by atoms with Gasteiger partial charge in [-0.15, -0.1) is 0 Å². The Hall–Kier alpha value is -4.06. The number of aromatic nitrogens is 2. The standard InChI is InChI=1S/C28H34N6O5/c1-19(35)21-17-29-26(34(20-11-7-6-8-12-20)33-15-16-38-24(18-33)37-5)31-25(21)30-22-13-9-10-14-23(22)39-27(36)32-28(2,3)4/h6-14,17,24H,15-16,18H2,1-5H3,(H,32,36)(H,29,30,31). The van der Waals surface area contributed by atoms with Gasteiger partial charge in [-0.05, 0) is 52.0 Å². The lowest BCUT2D eigenvalue weighted by molar-refractivity contribution is -0.164. The van der Waals surface area contributed by atoms with Gasteiger partial charge >= 0.3 is 6.09 Å². The minimum absolute atomic E-state index is 0.218. The lowest BCUT2D eigenvalue weighted by Gasteiger charge is -2.39. The van der Waals surface area contributed by atoms with Crippen LogP contribution in [-0.2, 0) is 9.47 Å². The molecule has 1 fully saturated rings. The summed E-state index contributed by atoms with van der Waals surface area (Å²) in [5.74, 6) is 0.682. The summed E-state index contributed by atoms with van der Waals surface area (Å²) in [5, 5.41) is 9.88. The second kappa shape index (κ2) is 12.2. The van der Waals surface area contributed by atoms with Crippen LogP contribution in [0.3, 0.4) is 0 Å². The van der Waals surface area contributed by atoms with Crippen LogP contribution in [0.15, 0.2) is 60.8 Å². The number of hydrogen-bond acceptors (Lipinski definition) is 10. The lowest BCUT2D eigenvalue weighted by atomic mass is 10.1. The Balaban J connectivity index is 1.71.